The average Bonchev–Trinajstić information content (AvgIpc) is 3.51. The minimum absolute atomic E-state index is 0.00235. The van der Waals surface area contributed by atoms with Gasteiger partial charge in [-0.2, -0.15) is 0 Å². The Hall–Kier alpha value is -2.58. The van der Waals surface area contributed by atoms with Gasteiger partial charge in [0.25, 0.3) is 0 Å². The van der Waals surface area contributed by atoms with E-state index in [-0.39, 0.29) is 29.0 Å². The molecule has 0 bridgehead atoms. The van der Waals surface area contributed by atoms with Crippen LogP contribution < -0.4 is 19.5 Å². The first-order valence-corrected chi connectivity index (χ1v) is 10.0. The van der Waals surface area contributed by atoms with Gasteiger partial charge >= 0.3 is 0 Å². The first-order valence-electron chi connectivity index (χ1n) is 8.54. The van der Waals surface area contributed by atoms with Crippen LogP contribution in [0.1, 0.15) is 18.4 Å². The van der Waals surface area contributed by atoms with Crippen molar-refractivity contribution in [3.63, 3.8) is 0 Å². The third-order valence-corrected chi connectivity index (χ3v) is 5.69. The Bertz CT molecular complexity index is 939. The van der Waals surface area contributed by atoms with Crippen molar-refractivity contribution >= 4 is 21.6 Å². The van der Waals surface area contributed by atoms with Crippen molar-refractivity contribution in [1.29, 1.82) is 0 Å². The molecule has 0 saturated heterocycles. The Morgan fingerprint density at radius 3 is 2.56 bits per heavy atom. The number of hydrogen-bond acceptors (Lipinski definition) is 5. The lowest BCUT2D eigenvalue weighted by Gasteiger charge is -2.13. The number of sulfonamides is 1. The summed E-state index contributed by atoms with van der Waals surface area (Å²) in [5.41, 5.74) is 1.39. The summed E-state index contributed by atoms with van der Waals surface area (Å²) >= 11 is 0. The van der Waals surface area contributed by atoms with E-state index in [1.165, 1.54) is 20.3 Å². The molecular formula is C19H22N2O5S. The molecule has 0 heterocycles. The Morgan fingerprint density at radius 1 is 1.11 bits per heavy atom. The van der Waals surface area contributed by atoms with Gasteiger partial charge in [0.05, 0.1) is 14.2 Å². The SMILES string of the molecule is COc1ccc(OC)c(S(=O)(=O)NCc2cccc(NC(=O)C3CC3)c2)c1. The Labute approximate surface area is 158 Å². The number of nitrogens with one attached hydrogen (secondary N) is 2. The number of amides is 1. The minimum Gasteiger partial charge on any atom is -0.497 e. The number of carbonyl (C=O) groups is 1. The lowest BCUT2D eigenvalue weighted by atomic mass is 10.2. The molecule has 3 rings (SSSR count). The van der Waals surface area contributed by atoms with Crippen LogP contribution in [0.2, 0.25) is 0 Å². The standard InChI is InChI=1S/C19H22N2O5S/c1-25-16-8-9-17(26-2)18(11-16)27(23,24)20-12-13-4-3-5-15(10-13)21-19(22)14-6-7-14/h3-5,8-11,14,20H,6-7,12H2,1-2H3,(H,21,22). The highest BCUT2D eigenvalue weighted by molar-refractivity contribution is 7.89. The maximum absolute atomic E-state index is 12.7. The molecule has 2 aromatic rings. The molecule has 1 aliphatic rings. The van der Waals surface area contributed by atoms with Crippen LogP contribution in [0.15, 0.2) is 47.4 Å². The van der Waals surface area contributed by atoms with Crippen LogP contribution in [0, 0.1) is 5.92 Å². The summed E-state index contributed by atoms with van der Waals surface area (Å²) in [7, 11) is -0.941. The summed E-state index contributed by atoms with van der Waals surface area (Å²) in [5, 5.41) is 2.85. The fraction of sp³-hybridized carbons (Fsp3) is 0.316. The van der Waals surface area contributed by atoms with Crippen LogP contribution >= 0.6 is 0 Å². The van der Waals surface area contributed by atoms with E-state index in [4.69, 9.17) is 9.47 Å². The average molecular weight is 390 g/mol. The molecule has 0 unspecified atom stereocenters. The molecule has 0 radical (unpaired) electrons. The number of benzene rings is 2. The third kappa shape index (κ3) is 4.78. The maximum atomic E-state index is 12.7. The fourth-order valence-electron chi connectivity index (χ4n) is 2.60. The topological polar surface area (TPSA) is 93.7 Å². The third-order valence-electron chi connectivity index (χ3n) is 4.27. The summed E-state index contributed by atoms with van der Waals surface area (Å²) in [6, 6.07) is 11.7. The van der Waals surface area contributed by atoms with Gasteiger partial charge in [-0.3, -0.25) is 4.79 Å². The molecule has 2 N–H and O–H groups in total. The van der Waals surface area contributed by atoms with Crippen molar-refractivity contribution < 1.29 is 22.7 Å². The molecule has 0 spiro atoms. The van der Waals surface area contributed by atoms with E-state index < -0.39 is 10.0 Å². The van der Waals surface area contributed by atoms with Gasteiger partial charge in [0.15, 0.2) is 0 Å². The number of carbonyl (C=O) groups excluding carboxylic acids is 1. The second-order valence-corrected chi connectivity index (χ2v) is 8.04. The molecule has 1 saturated carbocycles. The first-order chi connectivity index (χ1) is 12.9. The molecule has 0 atom stereocenters. The normalized spacial score (nSPS) is 13.9. The van der Waals surface area contributed by atoms with Crippen LogP contribution in [-0.4, -0.2) is 28.5 Å². The van der Waals surface area contributed by atoms with Crippen molar-refractivity contribution in [2.24, 2.45) is 5.92 Å². The zero-order chi connectivity index (χ0) is 19.4. The van der Waals surface area contributed by atoms with E-state index in [1.807, 2.05) is 0 Å². The Morgan fingerprint density at radius 2 is 1.89 bits per heavy atom. The monoisotopic (exact) mass is 390 g/mol. The molecule has 1 fully saturated rings. The molecule has 7 nitrogen and oxygen atoms in total. The smallest absolute Gasteiger partial charge is 0.244 e. The highest BCUT2D eigenvalue weighted by atomic mass is 32.2. The maximum Gasteiger partial charge on any atom is 0.244 e. The van der Waals surface area contributed by atoms with Gasteiger partial charge in [0.2, 0.25) is 15.9 Å². The van der Waals surface area contributed by atoms with Crippen molar-refractivity contribution in [1.82, 2.24) is 4.72 Å². The number of ether oxygens (including phenoxy) is 2. The van der Waals surface area contributed by atoms with E-state index in [0.717, 1.165) is 18.4 Å². The molecule has 0 aliphatic heterocycles. The Kier molecular flexibility index (Phi) is 5.67. The van der Waals surface area contributed by atoms with Crippen molar-refractivity contribution in [3.8, 4) is 11.5 Å². The second-order valence-electron chi connectivity index (χ2n) is 6.31. The largest absolute Gasteiger partial charge is 0.497 e. The quantitative estimate of drug-likeness (QED) is 0.722. The molecule has 8 heteroatoms. The molecule has 0 aromatic heterocycles. The zero-order valence-electron chi connectivity index (χ0n) is 15.2. The highest BCUT2D eigenvalue weighted by Gasteiger charge is 2.29. The van der Waals surface area contributed by atoms with Crippen molar-refractivity contribution in [2.75, 3.05) is 19.5 Å². The van der Waals surface area contributed by atoms with Crippen molar-refractivity contribution in [2.45, 2.75) is 24.3 Å². The molecule has 27 heavy (non-hydrogen) atoms. The van der Waals surface area contributed by atoms with E-state index in [0.29, 0.717) is 11.4 Å². The van der Waals surface area contributed by atoms with Gasteiger partial charge in [0, 0.05) is 24.2 Å². The molecule has 144 valence electrons. The molecule has 1 aliphatic carbocycles. The van der Waals surface area contributed by atoms with Crippen LogP contribution in [0.4, 0.5) is 5.69 Å². The van der Waals surface area contributed by atoms with E-state index in [9.17, 15) is 13.2 Å². The summed E-state index contributed by atoms with van der Waals surface area (Å²) in [6.07, 6.45) is 1.85. The predicted octanol–water partition coefficient (Wildman–Crippen LogP) is 2.53. The molecular weight excluding hydrogens is 368 g/mol. The number of anilines is 1. The lowest BCUT2D eigenvalue weighted by molar-refractivity contribution is -0.117. The van der Waals surface area contributed by atoms with E-state index in [1.54, 1.807) is 36.4 Å². The van der Waals surface area contributed by atoms with Crippen molar-refractivity contribution in [3.05, 3.63) is 48.0 Å². The summed E-state index contributed by atoms with van der Waals surface area (Å²) in [6.45, 7) is 0.0792. The van der Waals surface area contributed by atoms with Crippen LogP contribution in [0.25, 0.3) is 0 Å². The van der Waals surface area contributed by atoms with Gasteiger partial charge in [0.1, 0.15) is 16.4 Å². The molecule has 2 aromatic carbocycles. The van der Waals surface area contributed by atoms with Gasteiger partial charge in [-0.15, -0.1) is 0 Å². The summed E-state index contributed by atoms with van der Waals surface area (Å²) in [4.78, 5) is 11.9. The van der Waals surface area contributed by atoms with E-state index in [2.05, 4.69) is 10.0 Å². The number of hydrogen-bond donors (Lipinski definition) is 2. The van der Waals surface area contributed by atoms with Crippen LogP contribution in [-0.2, 0) is 21.4 Å². The van der Waals surface area contributed by atoms with Gasteiger partial charge in [-0.1, -0.05) is 12.1 Å². The Balaban J connectivity index is 1.73. The second kappa shape index (κ2) is 7.98. The highest BCUT2D eigenvalue weighted by Crippen LogP contribution is 2.30. The van der Waals surface area contributed by atoms with Crippen LogP contribution in [0.3, 0.4) is 0 Å². The minimum atomic E-state index is -3.82. The first kappa shape index (κ1) is 19.2. The fourth-order valence-corrected chi connectivity index (χ4v) is 3.80. The lowest BCUT2D eigenvalue weighted by Crippen LogP contribution is -2.24. The summed E-state index contributed by atoms with van der Waals surface area (Å²) < 4.78 is 38.2. The zero-order valence-corrected chi connectivity index (χ0v) is 16.0. The van der Waals surface area contributed by atoms with E-state index >= 15 is 0 Å². The number of methoxy groups -OCH3 is 2. The van der Waals surface area contributed by atoms with Gasteiger partial charge < -0.3 is 14.8 Å². The summed E-state index contributed by atoms with van der Waals surface area (Å²) in [5.74, 6) is 0.760. The van der Waals surface area contributed by atoms with Gasteiger partial charge in [-0.05, 0) is 42.7 Å². The predicted molar refractivity (Wildman–Crippen MR) is 101 cm³/mol. The number of rotatable bonds is 8. The van der Waals surface area contributed by atoms with Crippen LogP contribution in [0.5, 0.6) is 11.5 Å². The van der Waals surface area contributed by atoms with Gasteiger partial charge in [-0.25, -0.2) is 13.1 Å². The molecule has 1 amide bonds.